The monoisotopic (exact) mass is 447 g/mol. The maximum absolute atomic E-state index is 12.8. The van der Waals surface area contributed by atoms with Gasteiger partial charge in [0.1, 0.15) is 11.4 Å². The van der Waals surface area contributed by atoms with E-state index in [1.165, 1.54) is 12.1 Å². The lowest BCUT2D eigenvalue weighted by atomic mass is 10.1. The van der Waals surface area contributed by atoms with Gasteiger partial charge in [-0.15, -0.1) is 0 Å². The van der Waals surface area contributed by atoms with Gasteiger partial charge in [0.15, 0.2) is 6.61 Å². The maximum atomic E-state index is 12.8. The Hall–Kier alpha value is -4.10. The van der Waals surface area contributed by atoms with Gasteiger partial charge in [0.25, 0.3) is 11.8 Å². The molecule has 0 unspecified atom stereocenters. The van der Waals surface area contributed by atoms with E-state index in [0.29, 0.717) is 27.7 Å². The lowest BCUT2D eigenvalue weighted by Gasteiger charge is -2.12. The lowest BCUT2D eigenvalue weighted by Crippen LogP contribution is -2.30. The van der Waals surface area contributed by atoms with E-state index in [-0.39, 0.29) is 18.2 Å². The number of para-hydroxylation sites is 2. The van der Waals surface area contributed by atoms with E-state index >= 15 is 0 Å². The van der Waals surface area contributed by atoms with Gasteiger partial charge < -0.3 is 15.4 Å². The smallest absolute Gasteiger partial charge is 0.333 e. The van der Waals surface area contributed by atoms with Gasteiger partial charge in [0.05, 0.1) is 5.69 Å². The number of nitrogens with one attached hydrogen (secondary N) is 2. The normalized spacial score (nSPS) is 14.4. The largest absolute Gasteiger partial charge is 0.483 e. The molecule has 32 heavy (non-hydrogen) atoms. The Labute approximate surface area is 189 Å². The molecule has 0 saturated carbocycles. The quantitative estimate of drug-likeness (QED) is 0.431. The molecule has 4 amide bonds. The van der Waals surface area contributed by atoms with Crippen LogP contribution in [-0.4, -0.2) is 24.5 Å². The van der Waals surface area contributed by atoms with Crippen LogP contribution in [0.3, 0.4) is 0 Å². The number of nitrogens with zero attached hydrogens (tertiary/aromatic N) is 1. The fraction of sp³-hybridized carbons (Fsp3) is 0.0417. The third kappa shape index (κ3) is 4.79. The zero-order chi connectivity index (χ0) is 22.5. The van der Waals surface area contributed by atoms with E-state index in [4.69, 9.17) is 16.3 Å². The van der Waals surface area contributed by atoms with Gasteiger partial charge in [-0.1, -0.05) is 54.1 Å². The summed E-state index contributed by atoms with van der Waals surface area (Å²) in [5.74, 6) is -0.448. The minimum atomic E-state index is -0.579. The fourth-order valence-electron chi connectivity index (χ4n) is 3.13. The number of halogens is 1. The van der Waals surface area contributed by atoms with Gasteiger partial charge >= 0.3 is 6.03 Å². The van der Waals surface area contributed by atoms with E-state index in [0.717, 1.165) is 4.90 Å². The van der Waals surface area contributed by atoms with Gasteiger partial charge in [0.2, 0.25) is 0 Å². The van der Waals surface area contributed by atoms with E-state index < -0.39 is 11.9 Å². The van der Waals surface area contributed by atoms with Crippen molar-refractivity contribution in [2.24, 2.45) is 0 Å². The minimum Gasteiger partial charge on any atom is -0.483 e. The van der Waals surface area contributed by atoms with E-state index in [9.17, 15) is 14.4 Å². The van der Waals surface area contributed by atoms with E-state index in [1.54, 1.807) is 54.6 Å². The molecule has 0 aromatic heterocycles. The third-order valence-corrected chi connectivity index (χ3v) is 4.81. The zero-order valence-electron chi connectivity index (χ0n) is 16.7. The minimum absolute atomic E-state index is 0.0831. The summed E-state index contributed by atoms with van der Waals surface area (Å²) in [5.41, 5.74) is 1.65. The highest BCUT2D eigenvalue weighted by Crippen LogP contribution is 2.27. The molecule has 1 aliphatic rings. The number of benzene rings is 3. The molecular formula is C24H18ClN3O4. The van der Waals surface area contributed by atoms with Crippen molar-refractivity contribution >= 4 is 46.9 Å². The number of anilines is 2. The van der Waals surface area contributed by atoms with Crippen LogP contribution >= 0.6 is 11.6 Å². The highest BCUT2D eigenvalue weighted by Gasteiger charge is 2.35. The van der Waals surface area contributed by atoms with Crippen molar-refractivity contribution in [1.82, 2.24) is 5.32 Å². The van der Waals surface area contributed by atoms with Crippen LogP contribution in [-0.2, 0) is 9.59 Å². The van der Waals surface area contributed by atoms with Crippen molar-refractivity contribution in [2.75, 3.05) is 16.8 Å². The Bertz CT molecular complexity index is 1210. The summed E-state index contributed by atoms with van der Waals surface area (Å²) < 4.78 is 5.66. The standard InChI is InChI=1S/C24H18ClN3O4/c25-17-8-6-11-19(14-17)28-23(30)20(27-24(28)31)13-16-7-4-5-12-21(16)32-15-22(29)26-18-9-2-1-3-10-18/h1-14H,15H2,(H,26,29)(H,27,31)/b20-13+. The van der Waals surface area contributed by atoms with Crippen LogP contribution < -0.4 is 20.3 Å². The summed E-state index contributed by atoms with van der Waals surface area (Å²) in [6, 6.07) is 21.8. The van der Waals surface area contributed by atoms with Crippen molar-refractivity contribution in [2.45, 2.75) is 0 Å². The fourth-order valence-corrected chi connectivity index (χ4v) is 3.32. The lowest BCUT2D eigenvalue weighted by molar-refractivity contribution is -0.118. The van der Waals surface area contributed by atoms with E-state index in [1.807, 2.05) is 18.2 Å². The Morgan fingerprint density at radius 1 is 1.00 bits per heavy atom. The van der Waals surface area contributed by atoms with Crippen LogP contribution in [0.2, 0.25) is 5.02 Å². The van der Waals surface area contributed by atoms with Gasteiger partial charge in [-0.25, -0.2) is 9.69 Å². The van der Waals surface area contributed by atoms with Crippen LogP contribution in [0.15, 0.2) is 84.6 Å². The van der Waals surface area contributed by atoms with Crippen molar-refractivity contribution in [3.05, 3.63) is 95.1 Å². The SMILES string of the molecule is O=C(COc1ccccc1/C=C1/NC(=O)N(c2cccc(Cl)c2)C1=O)Nc1ccccc1. The maximum Gasteiger partial charge on any atom is 0.333 e. The number of hydrogen-bond acceptors (Lipinski definition) is 4. The molecule has 7 nitrogen and oxygen atoms in total. The van der Waals surface area contributed by atoms with Gasteiger partial charge in [-0.3, -0.25) is 9.59 Å². The predicted molar refractivity (Wildman–Crippen MR) is 122 cm³/mol. The highest BCUT2D eigenvalue weighted by molar-refractivity contribution is 6.32. The molecular weight excluding hydrogens is 430 g/mol. The summed E-state index contributed by atoms with van der Waals surface area (Å²) in [5, 5.41) is 5.71. The average Bonchev–Trinajstić information content (AvgIpc) is 3.06. The number of carbonyl (C=O) groups is 3. The van der Waals surface area contributed by atoms with Crippen LogP contribution in [0.4, 0.5) is 16.2 Å². The molecule has 0 atom stereocenters. The highest BCUT2D eigenvalue weighted by atomic mass is 35.5. The molecule has 0 aliphatic carbocycles. The molecule has 3 aromatic carbocycles. The van der Waals surface area contributed by atoms with Crippen molar-refractivity contribution in [3.63, 3.8) is 0 Å². The molecule has 3 aromatic rings. The van der Waals surface area contributed by atoms with Crippen molar-refractivity contribution < 1.29 is 19.1 Å². The van der Waals surface area contributed by atoms with Crippen molar-refractivity contribution in [3.8, 4) is 5.75 Å². The number of carbonyl (C=O) groups excluding carboxylic acids is 3. The van der Waals surface area contributed by atoms with Gasteiger partial charge in [-0.2, -0.15) is 0 Å². The molecule has 1 aliphatic heterocycles. The summed E-state index contributed by atoms with van der Waals surface area (Å²) in [6.07, 6.45) is 1.51. The molecule has 2 N–H and O–H groups in total. The Morgan fingerprint density at radius 3 is 2.53 bits per heavy atom. The number of hydrogen-bond donors (Lipinski definition) is 2. The number of ether oxygens (including phenoxy) is 1. The number of amides is 4. The molecule has 0 bridgehead atoms. The molecule has 0 radical (unpaired) electrons. The first-order valence-electron chi connectivity index (χ1n) is 9.71. The van der Waals surface area contributed by atoms with Gasteiger partial charge in [0, 0.05) is 16.3 Å². The second-order valence-electron chi connectivity index (χ2n) is 6.85. The molecule has 4 rings (SSSR count). The molecule has 1 fully saturated rings. The first-order chi connectivity index (χ1) is 15.5. The number of urea groups is 1. The Morgan fingerprint density at radius 2 is 1.75 bits per heavy atom. The van der Waals surface area contributed by atoms with Crippen LogP contribution in [0.1, 0.15) is 5.56 Å². The first-order valence-corrected chi connectivity index (χ1v) is 10.1. The number of imide groups is 1. The van der Waals surface area contributed by atoms with Crippen LogP contribution in [0.5, 0.6) is 5.75 Å². The molecule has 1 heterocycles. The summed E-state index contributed by atoms with van der Waals surface area (Å²) in [6.45, 7) is -0.218. The molecule has 160 valence electrons. The summed E-state index contributed by atoms with van der Waals surface area (Å²) in [4.78, 5) is 38.4. The Balaban J connectivity index is 1.49. The number of rotatable bonds is 6. The average molecular weight is 448 g/mol. The zero-order valence-corrected chi connectivity index (χ0v) is 17.5. The first kappa shape index (κ1) is 21.1. The topological polar surface area (TPSA) is 87.7 Å². The van der Waals surface area contributed by atoms with E-state index in [2.05, 4.69) is 10.6 Å². The van der Waals surface area contributed by atoms with Crippen LogP contribution in [0.25, 0.3) is 6.08 Å². The molecule has 1 saturated heterocycles. The Kier molecular flexibility index (Phi) is 6.19. The van der Waals surface area contributed by atoms with Crippen LogP contribution in [0, 0.1) is 0 Å². The predicted octanol–water partition coefficient (Wildman–Crippen LogP) is 4.45. The second kappa shape index (κ2) is 9.36. The summed E-state index contributed by atoms with van der Waals surface area (Å²) in [7, 11) is 0. The molecule has 0 spiro atoms. The third-order valence-electron chi connectivity index (χ3n) is 4.58. The second-order valence-corrected chi connectivity index (χ2v) is 7.29. The van der Waals surface area contributed by atoms with Crippen molar-refractivity contribution in [1.29, 1.82) is 0 Å². The molecule has 8 heteroatoms. The summed E-state index contributed by atoms with van der Waals surface area (Å²) >= 11 is 5.98. The van der Waals surface area contributed by atoms with Gasteiger partial charge in [-0.05, 0) is 42.5 Å².